The first-order chi connectivity index (χ1) is 15.1. The van der Waals surface area contributed by atoms with Gasteiger partial charge < -0.3 is 19.5 Å². The Kier molecular flexibility index (Phi) is 4.94. The Balaban J connectivity index is 1.21. The lowest BCUT2D eigenvalue weighted by molar-refractivity contribution is -0.130. The highest BCUT2D eigenvalue weighted by atomic mass is 16.6. The first-order valence-corrected chi connectivity index (χ1v) is 10.3. The number of nitrogens with one attached hydrogen (secondary N) is 1. The van der Waals surface area contributed by atoms with E-state index in [1.807, 2.05) is 44.2 Å². The monoisotopic (exact) mass is 417 g/mol. The predicted molar refractivity (Wildman–Crippen MR) is 114 cm³/mol. The van der Waals surface area contributed by atoms with Gasteiger partial charge in [0.15, 0.2) is 11.5 Å². The van der Waals surface area contributed by atoms with Crippen LogP contribution in [0.25, 0.3) is 11.3 Å². The molecular weight excluding hydrogens is 394 g/mol. The van der Waals surface area contributed by atoms with Crippen LogP contribution in [-0.2, 0) is 11.2 Å². The maximum Gasteiger partial charge on any atom is 0.264 e. The summed E-state index contributed by atoms with van der Waals surface area (Å²) in [4.78, 5) is 21.6. The van der Waals surface area contributed by atoms with E-state index >= 15 is 0 Å². The van der Waals surface area contributed by atoms with E-state index in [9.17, 15) is 4.79 Å². The van der Waals surface area contributed by atoms with Gasteiger partial charge in [-0.15, -0.1) is 0 Å². The Morgan fingerprint density at radius 3 is 2.81 bits per heavy atom. The molecule has 0 aliphatic carbocycles. The molecule has 2 atom stereocenters. The summed E-state index contributed by atoms with van der Waals surface area (Å²) in [5, 5.41) is 2.93. The van der Waals surface area contributed by atoms with Crippen LogP contribution in [0, 0.1) is 13.8 Å². The zero-order chi connectivity index (χ0) is 21.4. The molecule has 158 valence electrons. The van der Waals surface area contributed by atoms with E-state index in [2.05, 4.69) is 21.4 Å². The number of fused-ring (bicyclic) bond motifs is 2. The maximum absolute atomic E-state index is 12.6. The third-order valence-electron chi connectivity index (χ3n) is 5.46. The molecular formula is C24H23N3O4. The molecule has 7 heteroatoms. The Morgan fingerprint density at radius 1 is 1.10 bits per heavy atom. The molecule has 0 radical (unpaired) electrons. The van der Waals surface area contributed by atoms with E-state index in [4.69, 9.17) is 14.2 Å². The second-order valence-electron chi connectivity index (χ2n) is 7.82. The molecule has 3 aromatic rings. The smallest absolute Gasteiger partial charge is 0.264 e. The molecule has 1 aromatic heterocycles. The highest BCUT2D eigenvalue weighted by molar-refractivity contribution is 5.81. The molecule has 31 heavy (non-hydrogen) atoms. The molecule has 1 amide bonds. The van der Waals surface area contributed by atoms with Gasteiger partial charge in [0.1, 0.15) is 18.5 Å². The molecule has 3 heterocycles. The van der Waals surface area contributed by atoms with Crippen molar-refractivity contribution in [2.24, 2.45) is 0 Å². The summed E-state index contributed by atoms with van der Waals surface area (Å²) in [7, 11) is 0. The van der Waals surface area contributed by atoms with Gasteiger partial charge in [-0.25, -0.2) is 4.98 Å². The minimum absolute atomic E-state index is 0.129. The van der Waals surface area contributed by atoms with Crippen molar-refractivity contribution in [2.45, 2.75) is 32.5 Å². The number of aryl methyl sites for hydroxylation is 2. The van der Waals surface area contributed by atoms with Crippen LogP contribution >= 0.6 is 0 Å². The third-order valence-corrected chi connectivity index (χ3v) is 5.46. The quantitative estimate of drug-likeness (QED) is 0.703. The molecule has 1 N–H and O–H groups in total. The van der Waals surface area contributed by atoms with E-state index in [1.165, 1.54) is 0 Å². The lowest BCUT2D eigenvalue weighted by atomic mass is 10.0. The van der Waals surface area contributed by atoms with Crippen molar-refractivity contribution in [3.63, 3.8) is 0 Å². The zero-order valence-corrected chi connectivity index (χ0v) is 17.4. The number of para-hydroxylation sites is 2. The summed E-state index contributed by atoms with van der Waals surface area (Å²) in [6.07, 6.45) is 1.68. The van der Waals surface area contributed by atoms with Gasteiger partial charge >= 0.3 is 0 Å². The zero-order valence-electron chi connectivity index (χ0n) is 17.4. The van der Waals surface area contributed by atoms with Crippen LogP contribution in [-0.4, -0.2) is 41.2 Å². The van der Waals surface area contributed by atoms with Gasteiger partial charge in [0.2, 0.25) is 6.10 Å². The largest absolute Gasteiger partial charge is 0.488 e. The molecule has 0 fully saturated rings. The third kappa shape index (κ3) is 3.91. The van der Waals surface area contributed by atoms with Gasteiger partial charge in [-0.3, -0.25) is 9.78 Å². The van der Waals surface area contributed by atoms with Crippen molar-refractivity contribution < 1.29 is 19.0 Å². The van der Waals surface area contributed by atoms with Gasteiger partial charge in [0.25, 0.3) is 5.91 Å². The molecule has 0 saturated heterocycles. The first-order valence-electron chi connectivity index (χ1n) is 10.3. The van der Waals surface area contributed by atoms with Crippen molar-refractivity contribution in [1.29, 1.82) is 0 Å². The Bertz CT molecular complexity index is 1150. The van der Waals surface area contributed by atoms with E-state index in [0.29, 0.717) is 24.5 Å². The van der Waals surface area contributed by atoms with Crippen molar-refractivity contribution in [1.82, 2.24) is 15.3 Å². The number of hydrogen-bond acceptors (Lipinski definition) is 6. The van der Waals surface area contributed by atoms with Gasteiger partial charge in [-0.2, -0.15) is 0 Å². The highest BCUT2D eigenvalue weighted by Gasteiger charge is 2.29. The summed E-state index contributed by atoms with van der Waals surface area (Å²) in [6.45, 7) is 4.48. The average Bonchev–Trinajstić information content (AvgIpc) is 3.21. The number of carbonyl (C=O) groups is 1. The number of amides is 1. The minimum Gasteiger partial charge on any atom is -0.488 e. The van der Waals surface area contributed by atoms with E-state index < -0.39 is 6.10 Å². The molecule has 2 aliphatic rings. The van der Waals surface area contributed by atoms with Crippen LogP contribution in [0.5, 0.6) is 17.2 Å². The Labute approximate surface area is 180 Å². The molecule has 0 spiro atoms. The number of nitrogens with zero attached hydrogens (tertiary/aromatic N) is 2. The van der Waals surface area contributed by atoms with E-state index in [-0.39, 0.29) is 18.6 Å². The molecule has 5 rings (SSSR count). The fourth-order valence-corrected chi connectivity index (χ4v) is 3.87. The van der Waals surface area contributed by atoms with Crippen LogP contribution in [0.2, 0.25) is 0 Å². The number of hydrogen-bond donors (Lipinski definition) is 1. The number of benzene rings is 2. The number of ether oxygens (including phenoxy) is 3. The second kappa shape index (κ2) is 7.91. The van der Waals surface area contributed by atoms with Crippen molar-refractivity contribution in [3.8, 4) is 28.5 Å². The van der Waals surface area contributed by atoms with Crippen LogP contribution in [0.15, 0.2) is 48.7 Å². The van der Waals surface area contributed by atoms with Crippen LogP contribution < -0.4 is 19.5 Å². The molecule has 0 saturated carbocycles. The predicted octanol–water partition coefficient (Wildman–Crippen LogP) is 3.02. The van der Waals surface area contributed by atoms with E-state index in [1.54, 1.807) is 12.3 Å². The Hall–Kier alpha value is -3.61. The minimum atomic E-state index is -0.673. The summed E-state index contributed by atoms with van der Waals surface area (Å²) in [5.74, 6) is 1.87. The summed E-state index contributed by atoms with van der Waals surface area (Å²) in [6, 6.07) is 13.4. The molecule has 2 aliphatic heterocycles. The van der Waals surface area contributed by atoms with E-state index in [0.717, 1.165) is 34.0 Å². The number of aromatic nitrogens is 2. The van der Waals surface area contributed by atoms with Gasteiger partial charge in [-0.1, -0.05) is 12.1 Å². The summed E-state index contributed by atoms with van der Waals surface area (Å²) < 4.78 is 17.4. The van der Waals surface area contributed by atoms with Crippen LogP contribution in [0.3, 0.4) is 0 Å². The molecule has 0 unspecified atom stereocenters. The first kappa shape index (κ1) is 19.4. The summed E-state index contributed by atoms with van der Waals surface area (Å²) >= 11 is 0. The lowest BCUT2D eigenvalue weighted by Crippen LogP contribution is -2.46. The Morgan fingerprint density at radius 2 is 1.94 bits per heavy atom. The fraction of sp³-hybridized carbons (Fsp3) is 0.292. The normalized spacial score (nSPS) is 18.8. The van der Waals surface area contributed by atoms with Crippen LogP contribution in [0.4, 0.5) is 0 Å². The molecule has 0 bridgehead atoms. The fourth-order valence-electron chi connectivity index (χ4n) is 3.87. The van der Waals surface area contributed by atoms with Crippen LogP contribution in [0.1, 0.15) is 17.0 Å². The molecule has 2 aromatic carbocycles. The second-order valence-corrected chi connectivity index (χ2v) is 7.82. The average molecular weight is 417 g/mol. The van der Waals surface area contributed by atoms with Crippen molar-refractivity contribution in [3.05, 3.63) is 65.6 Å². The maximum atomic E-state index is 12.6. The lowest BCUT2D eigenvalue weighted by Gasteiger charge is -2.25. The van der Waals surface area contributed by atoms with Gasteiger partial charge in [0.05, 0.1) is 23.6 Å². The molecule has 7 nitrogen and oxygen atoms in total. The number of carbonyl (C=O) groups excluding carboxylic acids is 1. The topological polar surface area (TPSA) is 82.6 Å². The standard InChI is InChI=1S/C24H23N3O4/c1-14-11-25-15(2)23(27-14)16-7-8-19-17(9-16)10-18(30-19)12-26-24(28)22-13-29-20-5-3-4-6-21(20)31-22/h3-9,11,18,22H,10,12-13H2,1-2H3,(H,26,28)/t18-,22-/m0/s1. The SMILES string of the molecule is Cc1cnc(C)c(-c2ccc3c(c2)C[C@@H](CNC(=O)[C@@H]2COc4ccccc4O2)O3)n1. The number of rotatable bonds is 4. The summed E-state index contributed by atoms with van der Waals surface area (Å²) in [5.41, 5.74) is 4.78. The van der Waals surface area contributed by atoms with Crippen molar-refractivity contribution >= 4 is 5.91 Å². The van der Waals surface area contributed by atoms with Crippen molar-refractivity contribution in [2.75, 3.05) is 13.2 Å². The van der Waals surface area contributed by atoms with Gasteiger partial charge in [-0.05, 0) is 49.7 Å². The van der Waals surface area contributed by atoms with Gasteiger partial charge in [0, 0.05) is 18.2 Å². The highest BCUT2D eigenvalue weighted by Crippen LogP contribution is 2.33.